The molecular formula is C19H19F5N4O2S. The molecule has 0 aromatic carbocycles. The minimum atomic E-state index is -3.67. The molecule has 31 heavy (non-hydrogen) atoms. The summed E-state index contributed by atoms with van der Waals surface area (Å²) in [7, 11) is 0. The molecule has 2 aromatic heterocycles. The maximum Gasteiger partial charge on any atom is 0.278 e. The molecule has 2 aromatic rings. The van der Waals surface area contributed by atoms with Gasteiger partial charge in [0.15, 0.2) is 5.13 Å². The number of carbonyl (C=O) groups excluding carboxylic acids is 2. The molecule has 6 nitrogen and oxygen atoms in total. The predicted octanol–water partition coefficient (Wildman–Crippen LogP) is 4.31. The number of aryl methyl sites for hydroxylation is 1. The number of nitrogens with one attached hydrogen (secondary N) is 1. The molecule has 0 bridgehead atoms. The van der Waals surface area contributed by atoms with Crippen LogP contribution in [-0.2, 0) is 4.79 Å². The van der Waals surface area contributed by atoms with Gasteiger partial charge in [0.2, 0.25) is 18.1 Å². The fourth-order valence-electron chi connectivity index (χ4n) is 3.19. The first-order valence-electron chi connectivity index (χ1n) is 9.28. The van der Waals surface area contributed by atoms with E-state index in [0.29, 0.717) is 21.9 Å². The van der Waals surface area contributed by atoms with Crippen molar-refractivity contribution in [3.63, 3.8) is 0 Å². The van der Waals surface area contributed by atoms with E-state index in [1.807, 2.05) is 13.8 Å². The molecule has 2 heterocycles. The lowest BCUT2D eigenvalue weighted by Crippen LogP contribution is -2.52. The Labute approximate surface area is 178 Å². The van der Waals surface area contributed by atoms with E-state index in [0.717, 1.165) is 24.2 Å². The lowest BCUT2D eigenvalue weighted by atomic mass is 9.67. The minimum Gasteiger partial charge on any atom is -0.347 e. The van der Waals surface area contributed by atoms with Crippen molar-refractivity contribution in [3.8, 4) is 0 Å². The molecule has 0 spiro atoms. The summed E-state index contributed by atoms with van der Waals surface area (Å²) < 4.78 is 66.7. The molecule has 12 heteroatoms. The quantitative estimate of drug-likeness (QED) is 0.513. The summed E-state index contributed by atoms with van der Waals surface area (Å²) in [6.07, 6.45) is -5.24. The van der Waals surface area contributed by atoms with Crippen molar-refractivity contribution < 1.29 is 31.5 Å². The summed E-state index contributed by atoms with van der Waals surface area (Å²) >= 11 is 0.724. The Morgan fingerprint density at radius 2 is 1.81 bits per heavy atom. The van der Waals surface area contributed by atoms with Crippen LogP contribution in [0, 0.1) is 24.2 Å². The van der Waals surface area contributed by atoms with Crippen LogP contribution in [-0.4, -0.2) is 40.4 Å². The number of alkyl halides is 3. The third kappa shape index (κ3) is 4.68. The van der Waals surface area contributed by atoms with Gasteiger partial charge >= 0.3 is 0 Å². The summed E-state index contributed by atoms with van der Waals surface area (Å²) in [5.74, 6) is -5.03. The fraction of sp³-hybridized carbons (Fsp3) is 0.474. The maximum atomic E-state index is 13.9. The van der Waals surface area contributed by atoms with Crippen LogP contribution in [0.3, 0.4) is 0 Å². The highest BCUT2D eigenvalue weighted by atomic mass is 32.1. The Hall–Kier alpha value is -2.63. The predicted molar refractivity (Wildman–Crippen MR) is 103 cm³/mol. The van der Waals surface area contributed by atoms with Crippen LogP contribution in [0.15, 0.2) is 12.1 Å². The van der Waals surface area contributed by atoms with Crippen LogP contribution in [0.25, 0.3) is 0 Å². The lowest BCUT2D eigenvalue weighted by molar-refractivity contribution is -0.127. The molecule has 0 aliphatic heterocycles. The Bertz CT molecular complexity index is 993. The molecule has 3 rings (SSSR count). The van der Waals surface area contributed by atoms with E-state index >= 15 is 0 Å². The minimum absolute atomic E-state index is 0.0945. The molecular weight excluding hydrogens is 443 g/mol. The van der Waals surface area contributed by atoms with Gasteiger partial charge in [-0.25, -0.2) is 18.2 Å². The standard InChI is InChI=1S/C19H19F5N4O2S/c1-8-14(16(29)25-10-4-5-19(10,2)3)27-18(31-8)28(17(30)13(22)15(23)24)9-6-11(20)26-12(21)7-9/h6-7,10,13,15H,4-5H2,1-3H3,(H,25,29). The number of anilines is 2. The summed E-state index contributed by atoms with van der Waals surface area (Å²) in [4.78, 5) is 32.6. The number of nitrogens with zero attached hydrogens (tertiary/aromatic N) is 3. The highest BCUT2D eigenvalue weighted by Gasteiger charge is 2.40. The van der Waals surface area contributed by atoms with E-state index in [2.05, 4.69) is 15.3 Å². The zero-order valence-corrected chi connectivity index (χ0v) is 17.6. The second-order valence-electron chi connectivity index (χ2n) is 7.84. The van der Waals surface area contributed by atoms with Gasteiger partial charge in [0.05, 0.1) is 5.69 Å². The van der Waals surface area contributed by atoms with Gasteiger partial charge in [-0.2, -0.15) is 13.8 Å². The topological polar surface area (TPSA) is 75.2 Å². The van der Waals surface area contributed by atoms with Gasteiger partial charge in [0, 0.05) is 23.1 Å². The van der Waals surface area contributed by atoms with Gasteiger partial charge in [-0.1, -0.05) is 13.8 Å². The first kappa shape index (κ1) is 23.0. The molecule has 1 fully saturated rings. The number of pyridine rings is 1. The number of thiazole rings is 1. The molecule has 2 amide bonds. The summed E-state index contributed by atoms with van der Waals surface area (Å²) in [5.41, 5.74) is -0.781. The van der Waals surface area contributed by atoms with E-state index in [-0.39, 0.29) is 22.3 Å². The average Bonchev–Trinajstić information content (AvgIpc) is 3.04. The third-order valence-electron chi connectivity index (χ3n) is 5.20. The van der Waals surface area contributed by atoms with E-state index in [1.165, 1.54) is 6.92 Å². The number of rotatable bonds is 6. The second kappa shape index (κ2) is 8.48. The highest BCUT2D eigenvalue weighted by molar-refractivity contribution is 7.16. The smallest absolute Gasteiger partial charge is 0.278 e. The largest absolute Gasteiger partial charge is 0.347 e. The van der Waals surface area contributed by atoms with Crippen LogP contribution >= 0.6 is 11.3 Å². The van der Waals surface area contributed by atoms with Crippen molar-refractivity contribution in [2.24, 2.45) is 5.41 Å². The monoisotopic (exact) mass is 462 g/mol. The van der Waals surface area contributed by atoms with Gasteiger partial charge < -0.3 is 5.32 Å². The van der Waals surface area contributed by atoms with Gasteiger partial charge in [-0.05, 0) is 25.2 Å². The van der Waals surface area contributed by atoms with Gasteiger partial charge in [-0.3, -0.25) is 14.5 Å². The van der Waals surface area contributed by atoms with E-state index in [4.69, 9.17) is 0 Å². The number of halogens is 5. The first-order chi connectivity index (χ1) is 14.4. The Kier molecular flexibility index (Phi) is 6.30. The van der Waals surface area contributed by atoms with Crippen LogP contribution in [0.1, 0.15) is 42.1 Å². The maximum absolute atomic E-state index is 13.9. The molecule has 2 unspecified atom stereocenters. The Balaban J connectivity index is 1.99. The molecule has 1 aliphatic rings. The number of hydrogen-bond acceptors (Lipinski definition) is 5. The normalized spacial score (nSPS) is 18.4. The molecule has 1 saturated carbocycles. The van der Waals surface area contributed by atoms with E-state index in [9.17, 15) is 31.5 Å². The van der Waals surface area contributed by atoms with E-state index < -0.39 is 42.0 Å². The first-order valence-corrected chi connectivity index (χ1v) is 10.1. The van der Waals surface area contributed by atoms with Crippen molar-refractivity contribution in [1.82, 2.24) is 15.3 Å². The molecule has 0 radical (unpaired) electrons. The number of hydrogen-bond donors (Lipinski definition) is 1. The van der Waals surface area contributed by atoms with E-state index in [1.54, 1.807) is 0 Å². The molecule has 0 saturated heterocycles. The van der Waals surface area contributed by atoms with Gasteiger partial charge in [0.25, 0.3) is 18.2 Å². The Morgan fingerprint density at radius 1 is 1.19 bits per heavy atom. The molecule has 1 aliphatic carbocycles. The summed E-state index contributed by atoms with van der Waals surface area (Å²) in [6.45, 7) is 5.47. The summed E-state index contributed by atoms with van der Waals surface area (Å²) in [6, 6.07) is 1.05. The van der Waals surface area contributed by atoms with Crippen molar-refractivity contribution in [2.45, 2.75) is 52.3 Å². The van der Waals surface area contributed by atoms with Crippen LogP contribution in [0.5, 0.6) is 0 Å². The number of amides is 2. The van der Waals surface area contributed by atoms with Crippen LogP contribution in [0.2, 0.25) is 0 Å². The Morgan fingerprint density at radius 3 is 2.29 bits per heavy atom. The highest BCUT2D eigenvalue weighted by Crippen LogP contribution is 2.40. The van der Waals surface area contributed by atoms with Crippen LogP contribution < -0.4 is 10.2 Å². The fourth-order valence-corrected chi connectivity index (χ4v) is 4.13. The van der Waals surface area contributed by atoms with Crippen molar-refractivity contribution >= 4 is 34.0 Å². The summed E-state index contributed by atoms with van der Waals surface area (Å²) in [5, 5.41) is 2.44. The zero-order valence-electron chi connectivity index (χ0n) is 16.8. The lowest BCUT2D eigenvalue weighted by Gasteiger charge is -2.44. The van der Waals surface area contributed by atoms with Crippen molar-refractivity contribution in [1.29, 1.82) is 0 Å². The van der Waals surface area contributed by atoms with Gasteiger partial charge in [-0.15, -0.1) is 11.3 Å². The SMILES string of the molecule is Cc1sc(N(C(=O)C(F)C(F)F)c2cc(F)nc(F)c2)nc1C(=O)NC1CCC1(C)C. The van der Waals surface area contributed by atoms with Crippen LogP contribution in [0.4, 0.5) is 32.8 Å². The zero-order chi connectivity index (χ0) is 23.1. The van der Waals surface area contributed by atoms with Crippen molar-refractivity contribution in [2.75, 3.05) is 4.90 Å². The average molecular weight is 462 g/mol. The van der Waals surface area contributed by atoms with Gasteiger partial charge in [0.1, 0.15) is 5.69 Å². The molecule has 2 atom stereocenters. The number of carbonyl (C=O) groups is 2. The number of aromatic nitrogens is 2. The molecule has 1 N–H and O–H groups in total. The van der Waals surface area contributed by atoms with Crippen molar-refractivity contribution in [3.05, 3.63) is 34.6 Å². The molecule has 168 valence electrons. The third-order valence-corrected chi connectivity index (χ3v) is 6.16. The second-order valence-corrected chi connectivity index (χ2v) is 9.02.